The summed E-state index contributed by atoms with van der Waals surface area (Å²) in [4.78, 5) is 46.5. The topological polar surface area (TPSA) is 162 Å². The van der Waals surface area contributed by atoms with E-state index in [1.165, 1.54) is 0 Å². The summed E-state index contributed by atoms with van der Waals surface area (Å²) in [6.45, 7) is 8.75. The maximum atomic E-state index is 13.8. The number of fused-ring (bicyclic) bond motifs is 1. The lowest BCUT2D eigenvalue weighted by Crippen LogP contribution is -2.49. The van der Waals surface area contributed by atoms with Gasteiger partial charge in [0.1, 0.15) is 11.9 Å². The number of nitrogens with one attached hydrogen (secondary N) is 1. The van der Waals surface area contributed by atoms with Crippen LogP contribution < -0.4 is 20.9 Å². The molecule has 0 saturated carbocycles. The van der Waals surface area contributed by atoms with Gasteiger partial charge in [0.25, 0.3) is 5.91 Å². The number of aromatic hydroxyl groups is 1. The van der Waals surface area contributed by atoms with Gasteiger partial charge in [-0.2, -0.15) is 0 Å². The standard InChI is InChI=1S/C45H51N9O5/c1-29-25-31(9-10-33(29)41-28-52(23-24-59-41)39-26-36(48-49-43(39)46)34-5-2-3-8-40(34)55)44(57)51-19-11-30(12-20-51)27-50-17-13-32(14-18-50)53-21-15-35-37(53)6-4-7-38(35)54-22-16-42(56)47-45(54)58/h2-10,15,21,25-26,30,32,41,55H,11-14,16-20,22-24,27-28H2,1H3,(H2,46,49)(H,47,56,58)/t41-/m0/s1. The van der Waals surface area contributed by atoms with E-state index in [4.69, 9.17) is 10.5 Å². The molecule has 0 bridgehead atoms. The number of hydrogen-bond acceptors (Lipinski definition) is 10. The lowest BCUT2D eigenvalue weighted by atomic mass is 9.93. The first-order valence-electron chi connectivity index (χ1n) is 20.8. The van der Waals surface area contributed by atoms with Crippen molar-refractivity contribution >= 4 is 45.9 Å². The minimum absolute atomic E-state index is 0.0777. The Morgan fingerprint density at radius 1 is 0.898 bits per heavy atom. The predicted octanol–water partition coefficient (Wildman–Crippen LogP) is 5.91. The van der Waals surface area contributed by atoms with Crippen LogP contribution in [-0.2, 0) is 9.53 Å². The van der Waals surface area contributed by atoms with Crippen molar-refractivity contribution in [1.82, 2.24) is 29.9 Å². The number of morpholine rings is 1. The number of benzene rings is 3. The summed E-state index contributed by atoms with van der Waals surface area (Å²) in [5.41, 5.74) is 12.9. The van der Waals surface area contributed by atoms with Gasteiger partial charge in [-0.05, 0) is 98.2 Å². The number of carbonyl (C=O) groups excluding carboxylic acids is 3. The number of ether oxygens (including phenoxy) is 1. The molecule has 2 aromatic heterocycles. The van der Waals surface area contributed by atoms with Crippen molar-refractivity contribution in [1.29, 1.82) is 0 Å². The molecule has 4 amide bonds. The van der Waals surface area contributed by atoms with Gasteiger partial charge >= 0.3 is 6.03 Å². The second-order valence-electron chi connectivity index (χ2n) is 16.3. The Morgan fingerprint density at radius 2 is 1.71 bits per heavy atom. The first-order valence-corrected chi connectivity index (χ1v) is 20.8. The van der Waals surface area contributed by atoms with Gasteiger partial charge in [-0.3, -0.25) is 19.8 Å². The van der Waals surface area contributed by atoms with Crippen molar-refractivity contribution < 1.29 is 24.2 Å². The van der Waals surface area contributed by atoms with Crippen molar-refractivity contribution in [3.05, 3.63) is 95.7 Å². The number of nitrogen functional groups attached to an aromatic ring is 1. The highest BCUT2D eigenvalue weighted by molar-refractivity contribution is 6.09. The molecule has 14 nitrogen and oxygen atoms in total. The number of nitrogens with two attached hydrogens (primary N) is 1. The number of piperidine rings is 2. The van der Waals surface area contributed by atoms with E-state index in [0.717, 1.165) is 91.8 Å². The Kier molecular flexibility index (Phi) is 10.7. The van der Waals surface area contributed by atoms with Crippen molar-refractivity contribution in [2.45, 2.75) is 51.2 Å². The minimum atomic E-state index is -0.359. The summed E-state index contributed by atoms with van der Waals surface area (Å²) < 4.78 is 8.62. The van der Waals surface area contributed by atoms with Crippen molar-refractivity contribution in [3.63, 3.8) is 0 Å². The summed E-state index contributed by atoms with van der Waals surface area (Å²) in [6.07, 6.45) is 6.33. The second-order valence-corrected chi connectivity index (χ2v) is 16.3. The number of hydrogen-bond donors (Lipinski definition) is 3. The molecule has 306 valence electrons. The third-order valence-corrected chi connectivity index (χ3v) is 12.7. The molecule has 1 atom stereocenters. The molecular weight excluding hydrogens is 747 g/mol. The third kappa shape index (κ3) is 7.82. The van der Waals surface area contributed by atoms with Crippen LogP contribution in [0.15, 0.2) is 79.0 Å². The molecule has 3 aromatic carbocycles. The number of nitrogens with zero attached hydrogens (tertiary/aromatic N) is 7. The van der Waals surface area contributed by atoms with E-state index in [2.05, 4.69) is 48.2 Å². The fourth-order valence-electron chi connectivity index (χ4n) is 9.46. The summed E-state index contributed by atoms with van der Waals surface area (Å²) in [5, 5.41) is 22.3. The number of phenols is 1. The third-order valence-electron chi connectivity index (χ3n) is 12.7. The monoisotopic (exact) mass is 797 g/mol. The van der Waals surface area contributed by atoms with Crippen LogP contribution in [0, 0.1) is 12.8 Å². The van der Waals surface area contributed by atoms with Crippen LogP contribution >= 0.6 is 0 Å². The van der Waals surface area contributed by atoms with Crippen molar-refractivity contribution in [2.24, 2.45) is 5.92 Å². The highest BCUT2D eigenvalue weighted by Crippen LogP contribution is 2.36. The Bertz CT molecular complexity index is 2380. The smallest absolute Gasteiger partial charge is 0.328 e. The maximum Gasteiger partial charge on any atom is 0.328 e. The maximum absolute atomic E-state index is 13.8. The van der Waals surface area contributed by atoms with E-state index < -0.39 is 0 Å². The Labute approximate surface area is 343 Å². The predicted molar refractivity (Wildman–Crippen MR) is 226 cm³/mol. The second kappa shape index (κ2) is 16.3. The van der Waals surface area contributed by atoms with Crippen LogP contribution in [0.2, 0.25) is 0 Å². The average Bonchev–Trinajstić information content (AvgIpc) is 3.69. The van der Waals surface area contributed by atoms with Gasteiger partial charge in [-0.1, -0.05) is 24.3 Å². The van der Waals surface area contributed by atoms with E-state index in [9.17, 15) is 19.5 Å². The normalized spacial score (nSPS) is 20.0. The molecule has 4 N–H and O–H groups in total. The molecule has 6 heterocycles. The number of imide groups is 1. The lowest BCUT2D eigenvalue weighted by Gasteiger charge is -2.38. The number of urea groups is 1. The molecule has 14 heteroatoms. The molecule has 4 saturated heterocycles. The molecule has 9 rings (SSSR count). The minimum Gasteiger partial charge on any atom is -0.507 e. The molecule has 0 radical (unpaired) electrons. The Hall–Kier alpha value is -5.99. The molecule has 4 fully saturated rings. The van der Waals surface area contributed by atoms with Gasteiger partial charge in [-0.15, -0.1) is 10.2 Å². The van der Waals surface area contributed by atoms with Gasteiger partial charge in [0, 0.05) is 87.5 Å². The van der Waals surface area contributed by atoms with E-state index in [1.807, 2.05) is 54.3 Å². The van der Waals surface area contributed by atoms with Gasteiger partial charge in [0.15, 0.2) is 5.82 Å². The molecular formula is C45H51N9O5. The summed E-state index contributed by atoms with van der Waals surface area (Å²) >= 11 is 0. The largest absolute Gasteiger partial charge is 0.507 e. The number of rotatable bonds is 8. The number of likely N-dealkylation sites (tertiary alicyclic amines) is 2. The Balaban J connectivity index is 0.769. The van der Waals surface area contributed by atoms with Crippen LogP contribution in [0.1, 0.15) is 65.7 Å². The zero-order valence-electron chi connectivity index (χ0n) is 33.4. The van der Waals surface area contributed by atoms with Gasteiger partial charge in [-0.25, -0.2) is 4.79 Å². The van der Waals surface area contributed by atoms with Crippen LogP contribution in [0.3, 0.4) is 0 Å². The SMILES string of the molecule is Cc1cc(C(=O)N2CCC(CN3CCC(n4ccc5c(N6CCC(=O)NC6=O)cccc54)CC3)CC2)ccc1[C@@H]1CN(c2cc(-c3ccccc3O)nnc2N)CCO1. The number of aryl methyl sites for hydroxylation is 1. The number of aromatic nitrogens is 3. The van der Waals surface area contributed by atoms with E-state index >= 15 is 0 Å². The van der Waals surface area contributed by atoms with Gasteiger partial charge < -0.3 is 34.8 Å². The number of para-hydroxylation sites is 1. The number of carbonyl (C=O) groups is 3. The fraction of sp³-hybridized carbons (Fsp3) is 0.400. The molecule has 59 heavy (non-hydrogen) atoms. The highest BCUT2D eigenvalue weighted by atomic mass is 16.5. The number of anilines is 3. The average molecular weight is 798 g/mol. The summed E-state index contributed by atoms with van der Waals surface area (Å²) in [7, 11) is 0. The zero-order chi connectivity index (χ0) is 40.6. The first-order chi connectivity index (χ1) is 28.7. The van der Waals surface area contributed by atoms with E-state index in [0.29, 0.717) is 67.3 Å². The molecule has 4 aliphatic heterocycles. The fourth-order valence-corrected chi connectivity index (χ4v) is 9.46. The molecule has 4 aliphatic rings. The summed E-state index contributed by atoms with van der Waals surface area (Å²) in [5.74, 6) is 0.860. The first kappa shape index (κ1) is 38.5. The molecule has 5 aromatic rings. The van der Waals surface area contributed by atoms with Crippen molar-refractivity contribution in [2.75, 3.05) is 74.5 Å². The highest BCUT2D eigenvalue weighted by Gasteiger charge is 2.31. The van der Waals surface area contributed by atoms with Crippen LogP contribution in [-0.4, -0.2) is 106 Å². The van der Waals surface area contributed by atoms with Crippen LogP contribution in [0.5, 0.6) is 5.75 Å². The molecule has 0 aliphatic carbocycles. The van der Waals surface area contributed by atoms with Crippen molar-refractivity contribution in [3.8, 4) is 17.0 Å². The van der Waals surface area contributed by atoms with Gasteiger partial charge in [0.05, 0.1) is 29.2 Å². The quantitative estimate of drug-likeness (QED) is 0.172. The van der Waals surface area contributed by atoms with Gasteiger partial charge in [0.2, 0.25) is 5.91 Å². The number of amides is 4. The van der Waals surface area contributed by atoms with E-state index in [-0.39, 0.29) is 29.7 Å². The summed E-state index contributed by atoms with van der Waals surface area (Å²) in [6, 6.07) is 23.1. The van der Waals surface area contributed by atoms with Crippen LogP contribution in [0.4, 0.5) is 22.0 Å². The zero-order valence-corrected chi connectivity index (χ0v) is 33.4. The number of phenolic OH excluding ortho intramolecular Hbond substituents is 1. The Morgan fingerprint density at radius 3 is 2.49 bits per heavy atom. The van der Waals surface area contributed by atoms with E-state index in [1.54, 1.807) is 23.1 Å². The lowest BCUT2D eigenvalue weighted by molar-refractivity contribution is -0.120. The molecule has 0 spiro atoms. The van der Waals surface area contributed by atoms with Crippen LogP contribution in [0.25, 0.3) is 22.2 Å². The molecule has 0 unspecified atom stereocenters.